The Morgan fingerprint density at radius 3 is 3.25 bits per heavy atom. The van der Waals surface area contributed by atoms with Gasteiger partial charge in [-0.25, -0.2) is 4.98 Å². The number of hydrogen-bond acceptors (Lipinski definition) is 2. The van der Waals surface area contributed by atoms with Gasteiger partial charge in [0.25, 0.3) is 0 Å². The first kappa shape index (κ1) is 8.53. The molecule has 0 spiro atoms. The molecule has 1 aliphatic carbocycles. The molecule has 2 atom stereocenters. The van der Waals surface area contributed by atoms with E-state index in [0.717, 1.165) is 12.2 Å². The summed E-state index contributed by atoms with van der Waals surface area (Å²) in [5.74, 6) is 1.04. The lowest BCUT2D eigenvalue weighted by atomic mass is 10.1. The molecule has 0 fully saturated rings. The first-order valence-corrected chi connectivity index (χ1v) is 5.64. The van der Waals surface area contributed by atoms with Crippen LogP contribution in [0.4, 0.5) is 0 Å². The van der Waals surface area contributed by atoms with Crippen LogP contribution >= 0.6 is 0 Å². The molecule has 0 bridgehead atoms. The number of nitrogens with zero attached hydrogens (tertiary/aromatic N) is 2. The van der Waals surface area contributed by atoms with Crippen LogP contribution in [0, 0.1) is 0 Å². The number of imidazole rings is 1. The Kier molecular flexibility index (Phi) is 1.57. The molecular weight excluding hydrogens is 200 g/mol. The number of aromatic nitrogens is 2. The molecule has 0 saturated heterocycles. The Hall–Kier alpha value is -1.61. The fraction of sp³-hybridized carbons (Fsp3) is 0.308. The highest BCUT2D eigenvalue weighted by Crippen LogP contribution is 2.39. The summed E-state index contributed by atoms with van der Waals surface area (Å²) in [5.41, 5.74) is 2.81. The Balaban J connectivity index is 1.92. The van der Waals surface area contributed by atoms with E-state index >= 15 is 0 Å². The van der Waals surface area contributed by atoms with Gasteiger partial charge in [0, 0.05) is 18.8 Å². The van der Waals surface area contributed by atoms with Crippen molar-refractivity contribution in [3.63, 3.8) is 0 Å². The predicted octanol–water partition coefficient (Wildman–Crippen LogP) is 1.93. The minimum atomic E-state index is 0.291. The highest BCUT2D eigenvalue weighted by atomic mass is 16.5. The van der Waals surface area contributed by atoms with E-state index in [1.54, 1.807) is 0 Å². The molecule has 4 rings (SSSR count). The van der Waals surface area contributed by atoms with Crippen molar-refractivity contribution in [1.82, 2.24) is 9.55 Å². The molecule has 3 nitrogen and oxygen atoms in total. The summed E-state index contributed by atoms with van der Waals surface area (Å²) < 4.78 is 8.15. The third-order valence-electron chi connectivity index (χ3n) is 3.62. The highest BCUT2D eigenvalue weighted by Gasteiger charge is 2.38. The summed E-state index contributed by atoms with van der Waals surface area (Å²) in [6.45, 7) is 0.641. The summed E-state index contributed by atoms with van der Waals surface area (Å²) in [7, 11) is 0. The minimum absolute atomic E-state index is 0.291. The Bertz CT molecular complexity index is 546. The maximum absolute atomic E-state index is 5.89. The van der Waals surface area contributed by atoms with Gasteiger partial charge in [0.2, 0.25) is 0 Å². The van der Waals surface area contributed by atoms with E-state index in [-0.39, 0.29) is 0 Å². The molecule has 0 saturated carbocycles. The van der Waals surface area contributed by atoms with E-state index in [1.165, 1.54) is 11.1 Å². The number of hydrogen-bond donors (Lipinski definition) is 0. The van der Waals surface area contributed by atoms with Gasteiger partial charge in [-0.05, 0) is 11.1 Å². The largest absolute Gasteiger partial charge is 0.367 e. The average Bonchev–Trinajstić information content (AvgIpc) is 2.91. The molecule has 1 unspecified atom stereocenters. The lowest BCUT2D eigenvalue weighted by Crippen LogP contribution is -2.30. The zero-order valence-electron chi connectivity index (χ0n) is 8.84. The molecule has 1 aromatic heterocycles. The molecule has 0 amide bonds. The normalized spacial score (nSPS) is 26.0. The van der Waals surface area contributed by atoms with E-state index in [4.69, 9.17) is 4.74 Å². The average molecular weight is 212 g/mol. The van der Waals surface area contributed by atoms with Crippen LogP contribution in [0.1, 0.15) is 23.0 Å². The molecule has 2 aromatic rings. The summed E-state index contributed by atoms with van der Waals surface area (Å²) in [6.07, 6.45) is 5.25. The van der Waals surface area contributed by atoms with Crippen molar-refractivity contribution in [3.05, 3.63) is 53.6 Å². The van der Waals surface area contributed by atoms with E-state index in [1.807, 2.05) is 6.20 Å². The number of fused-ring (bicyclic) bond motifs is 5. The standard InChI is InChI=1S/C13H12N2O/c1-2-4-10-9(3-1)7-11-13(10)15-6-5-14-12(15)8-16-11/h1-6,11,13H,7-8H2/t11-,13?/m0/s1. The van der Waals surface area contributed by atoms with Gasteiger partial charge in [-0.2, -0.15) is 0 Å². The summed E-state index contributed by atoms with van der Waals surface area (Å²) in [4.78, 5) is 4.33. The molecular formula is C13H12N2O. The zero-order valence-corrected chi connectivity index (χ0v) is 8.84. The summed E-state index contributed by atoms with van der Waals surface area (Å²) in [5, 5.41) is 0. The maximum Gasteiger partial charge on any atom is 0.135 e. The van der Waals surface area contributed by atoms with Crippen LogP contribution in [0.2, 0.25) is 0 Å². The second kappa shape index (κ2) is 2.95. The number of benzene rings is 1. The van der Waals surface area contributed by atoms with Gasteiger partial charge in [0.05, 0.1) is 12.1 Å². The van der Waals surface area contributed by atoms with Crippen molar-refractivity contribution in [2.45, 2.75) is 25.2 Å². The number of ether oxygens (including phenoxy) is 1. The molecule has 16 heavy (non-hydrogen) atoms. The van der Waals surface area contributed by atoms with Crippen molar-refractivity contribution in [2.75, 3.05) is 0 Å². The first-order valence-electron chi connectivity index (χ1n) is 5.64. The molecule has 2 aliphatic rings. The Morgan fingerprint density at radius 2 is 2.25 bits per heavy atom. The third kappa shape index (κ3) is 0.985. The minimum Gasteiger partial charge on any atom is -0.367 e. The second-order valence-electron chi connectivity index (χ2n) is 4.45. The van der Waals surface area contributed by atoms with Crippen molar-refractivity contribution in [3.8, 4) is 0 Å². The van der Waals surface area contributed by atoms with Gasteiger partial charge in [-0.15, -0.1) is 0 Å². The second-order valence-corrected chi connectivity index (χ2v) is 4.45. The highest BCUT2D eigenvalue weighted by molar-refractivity contribution is 5.38. The van der Waals surface area contributed by atoms with Crippen LogP contribution in [-0.2, 0) is 17.8 Å². The van der Waals surface area contributed by atoms with Crippen LogP contribution in [0.25, 0.3) is 0 Å². The van der Waals surface area contributed by atoms with Gasteiger partial charge < -0.3 is 9.30 Å². The van der Waals surface area contributed by atoms with Gasteiger partial charge in [-0.3, -0.25) is 0 Å². The zero-order chi connectivity index (χ0) is 10.5. The van der Waals surface area contributed by atoms with Crippen LogP contribution in [0.15, 0.2) is 36.7 Å². The maximum atomic E-state index is 5.89. The fourth-order valence-corrected chi connectivity index (χ4v) is 2.91. The molecule has 80 valence electrons. The van der Waals surface area contributed by atoms with Crippen LogP contribution in [0.5, 0.6) is 0 Å². The fourth-order valence-electron chi connectivity index (χ4n) is 2.91. The first-order chi connectivity index (χ1) is 7.93. The molecule has 3 heteroatoms. The quantitative estimate of drug-likeness (QED) is 0.667. The lowest BCUT2D eigenvalue weighted by Gasteiger charge is -2.28. The van der Waals surface area contributed by atoms with Crippen molar-refractivity contribution in [1.29, 1.82) is 0 Å². The molecule has 0 N–H and O–H groups in total. The van der Waals surface area contributed by atoms with E-state index < -0.39 is 0 Å². The van der Waals surface area contributed by atoms with Crippen LogP contribution < -0.4 is 0 Å². The van der Waals surface area contributed by atoms with Gasteiger partial charge in [-0.1, -0.05) is 24.3 Å². The Morgan fingerprint density at radius 1 is 1.31 bits per heavy atom. The summed E-state index contributed by atoms with van der Waals surface area (Å²) >= 11 is 0. The van der Waals surface area contributed by atoms with Crippen LogP contribution in [-0.4, -0.2) is 15.7 Å². The monoisotopic (exact) mass is 212 g/mol. The van der Waals surface area contributed by atoms with Crippen molar-refractivity contribution in [2.24, 2.45) is 0 Å². The van der Waals surface area contributed by atoms with E-state index in [9.17, 15) is 0 Å². The molecule has 1 aromatic carbocycles. The van der Waals surface area contributed by atoms with Crippen LogP contribution in [0.3, 0.4) is 0 Å². The van der Waals surface area contributed by atoms with Crippen molar-refractivity contribution >= 4 is 0 Å². The Labute approximate surface area is 93.7 Å². The topological polar surface area (TPSA) is 27.1 Å². The van der Waals surface area contributed by atoms with E-state index in [0.29, 0.717) is 18.8 Å². The molecule has 0 radical (unpaired) electrons. The SMILES string of the molecule is c1ccc2c(c1)C[C@@H]1OCc3nccn3C21. The smallest absolute Gasteiger partial charge is 0.135 e. The lowest BCUT2D eigenvalue weighted by molar-refractivity contribution is -0.00465. The van der Waals surface area contributed by atoms with E-state index in [2.05, 4.69) is 40.0 Å². The van der Waals surface area contributed by atoms with Gasteiger partial charge >= 0.3 is 0 Å². The molecule has 1 aliphatic heterocycles. The third-order valence-corrected chi connectivity index (χ3v) is 3.62. The summed E-state index contributed by atoms with van der Waals surface area (Å²) in [6, 6.07) is 8.95. The van der Waals surface area contributed by atoms with Crippen molar-refractivity contribution < 1.29 is 4.74 Å². The van der Waals surface area contributed by atoms with Gasteiger partial charge in [0.1, 0.15) is 12.4 Å². The molecule has 2 heterocycles. The number of rotatable bonds is 0. The predicted molar refractivity (Wildman–Crippen MR) is 59.1 cm³/mol. The van der Waals surface area contributed by atoms with Gasteiger partial charge in [0.15, 0.2) is 0 Å².